The predicted molar refractivity (Wildman–Crippen MR) is 260 cm³/mol. The monoisotopic (exact) mass is 1360 g/mol. The number of carboxylic acids is 2. The summed E-state index contributed by atoms with van der Waals surface area (Å²) in [6, 6.07) is -5.06. The highest BCUT2D eigenvalue weighted by Gasteiger charge is 2.58. The fraction of sp³-hybridized carbons (Fsp3) is 0.864. The summed E-state index contributed by atoms with van der Waals surface area (Å²) in [5.74, 6) is -7.98. The lowest BCUT2D eigenvalue weighted by atomic mass is 9.94. The van der Waals surface area contributed by atoms with Gasteiger partial charge in [-0.3, -0.25) is 22.7 Å². The van der Waals surface area contributed by atoms with E-state index in [1.807, 2.05) is 0 Å². The van der Waals surface area contributed by atoms with E-state index in [4.69, 9.17) is 52.1 Å². The van der Waals surface area contributed by atoms with E-state index in [1.165, 1.54) is 14.0 Å². The van der Waals surface area contributed by atoms with Gasteiger partial charge in [-0.05, 0) is 0 Å². The summed E-state index contributed by atoms with van der Waals surface area (Å²) in [5, 5.41) is 167. The molecule has 0 spiro atoms. The summed E-state index contributed by atoms with van der Waals surface area (Å²) < 4.78 is 138. The van der Waals surface area contributed by atoms with E-state index in [0.29, 0.717) is 0 Å². The van der Waals surface area contributed by atoms with Crippen molar-refractivity contribution in [1.82, 2.24) is 16.0 Å². The minimum atomic E-state index is -5.59. The molecule has 6 heterocycles. The average molecular weight is 1360 g/mol. The maximum atomic E-state index is 12.4. The number of methoxy groups -OCH3 is 2. The summed E-state index contributed by atoms with van der Waals surface area (Å²) in [7, 11) is -8.72. The molecule has 0 bridgehead atoms. The number of rotatable bonds is 22. The molecule has 3 amide bonds. The zero-order chi connectivity index (χ0) is 67.9. The van der Waals surface area contributed by atoms with Crippen LogP contribution in [0.3, 0.4) is 0 Å². The molecule has 0 aromatic heterocycles. The van der Waals surface area contributed by atoms with Crippen LogP contribution in [-0.2, 0) is 115 Å². The summed E-state index contributed by atoms with van der Waals surface area (Å²) in [5.41, 5.74) is 0. The Kier molecular flexibility index (Phi) is 27.3. The van der Waals surface area contributed by atoms with Gasteiger partial charge in [0.25, 0.3) is 0 Å². The molecule has 6 rings (SSSR count). The van der Waals surface area contributed by atoms with Crippen molar-refractivity contribution in [3.05, 3.63) is 0 Å². The zero-order valence-electron chi connectivity index (χ0n) is 47.0. The van der Waals surface area contributed by atoms with Crippen LogP contribution in [0.4, 0.5) is 0 Å². The van der Waals surface area contributed by atoms with E-state index in [1.54, 1.807) is 0 Å². The molecule has 6 aliphatic heterocycles. The minimum Gasteiger partial charge on any atom is -0.726 e. The van der Waals surface area contributed by atoms with Gasteiger partial charge in [0.05, 0.1) is 38.9 Å². The molecule has 16 N–H and O–H groups in total. The van der Waals surface area contributed by atoms with Gasteiger partial charge < -0.3 is 168 Å². The Hall–Kier alpha value is -4.40. The molecule has 30 atom stereocenters. The standard InChI is InChI=1S/C28H44N2O29S2.C16H27NO12/c1-5(31)29-9-13(35)11(33)7(3-51-60(45,46)47)53-26(9)57-20-15(37)17(39)28(59-22(20)24(42)43)56-18-10(30-6(2)32)27(54-8(12(18)34)4-52-61(48,49)50)58-19-14(36)16(38)25(44)55-21(19)23(40)41;1-5(19)17-7-12(8(20)6(4-18)27-15(7)26-3)28-16-11(23)9(21)10(22)13(29-16)14(24)25-2/h7-22,25-28,33-39,44H,3-4H2,1-2H3,(H,29,31)(H,30,32)(H,40,41)(H,42,43)(H,45,46,47)(H,48,49,50);6-13,15-16,18,20-23H,4H2,1-3H3,(H,17,19)/p-4. The number of esters is 1. The normalized spacial score (nSPS) is 42.5. The molecule has 30 unspecified atom stereocenters. The molecule has 6 saturated heterocycles. The second kappa shape index (κ2) is 32.2. The topological polar surface area (TPSA) is 691 Å². The van der Waals surface area contributed by atoms with Gasteiger partial charge >= 0.3 is 5.97 Å². The van der Waals surface area contributed by atoms with Crippen LogP contribution in [-0.4, -0.2) is 346 Å². The van der Waals surface area contributed by atoms with Gasteiger partial charge in [0.1, 0.15) is 140 Å². The molecule has 520 valence electrons. The van der Waals surface area contributed by atoms with Crippen LogP contribution in [0.25, 0.3) is 0 Å². The number of nitrogens with one attached hydrogen (secondary N) is 3. The van der Waals surface area contributed by atoms with Gasteiger partial charge in [0, 0.05) is 27.9 Å². The Bertz CT molecular complexity index is 2670. The molecular formula is C44H67N3O41S2-4. The highest BCUT2D eigenvalue weighted by molar-refractivity contribution is 7.81. The second-order valence-corrected chi connectivity index (χ2v) is 22.5. The quantitative estimate of drug-likeness (QED) is 0.0272. The molecule has 90 heavy (non-hydrogen) atoms. The third-order valence-electron chi connectivity index (χ3n) is 14.1. The summed E-state index contributed by atoms with van der Waals surface area (Å²) in [4.78, 5) is 72.0. The fourth-order valence-electron chi connectivity index (χ4n) is 9.79. The van der Waals surface area contributed by atoms with Crippen LogP contribution < -0.4 is 26.2 Å². The Morgan fingerprint density at radius 3 is 1.23 bits per heavy atom. The van der Waals surface area contributed by atoms with Gasteiger partial charge in [-0.25, -0.2) is 21.6 Å². The van der Waals surface area contributed by atoms with Crippen LogP contribution in [0.15, 0.2) is 0 Å². The molecule has 46 heteroatoms. The van der Waals surface area contributed by atoms with E-state index in [9.17, 15) is 131 Å². The van der Waals surface area contributed by atoms with E-state index in [2.05, 4.69) is 29.1 Å². The highest BCUT2D eigenvalue weighted by atomic mass is 32.3. The number of carbonyl (C=O) groups excluding carboxylic acids is 6. The Labute approximate surface area is 506 Å². The molecular weight excluding hydrogens is 1290 g/mol. The molecule has 0 saturated carbocycles. The van der Waals surface area contributed by atoms with Crippen molar-refractivity contribution >= 4 is 56.4 Å². The number of aliphatic hydroxyl groups excluding tert-OH is 13. The Morgan fingerprint density at radius 1 is 0.422 bits per heavy atom. The highest BCUT2D eigenvalue weighted by Crippen LogP contribution is 2.36. The molecule has 0 radical (unpaired) electrons. The second-order valence-electron chi connectivity index (χ2n) is 20.4. The van der Waals surface area contributed by atoms with Gasteiger partial charge in [-0.15, -0.1) is 0 Å². The van der Waals surface area contributed by atoms with Gasteiger partial charge in [-0.1, -0.05) is 0 Å². The maximum Gasteiger partial charge on any atom is 0.337 e. The molecule has 0 aromatic rings. The Balaban J connectivity index is 0.000000423. The largest absolute Gasteiger partial charge is 0.726 e. The number of carboxylic acid groups (broad SMARTS) is 2. The van der Waals surface area contributed by atoms with Crippen LogP contribution >= 0.6 is 0 Å². The van der Waals surface area contributed by atoms with Crippen molar-refractivity contribution in [1.29, 1.82) is 0 Å². The van der Waals surface area contributed by atoms with Gasteiger partial charge in [0.15, 0.2) is 43.8 Å². The third kappa shape index (κ3) is 18.9. The summed E-state index contributed by atoms with van der Waals surface area (Å²) in [6.07, 6.45) is -56.0. The molecule has 0 aromatic carbocycles. The van der Waals surface area contributed by atoms with Crippen molar-refractivity contribution in [2.75, 3.05) is 34.0 Å². The number of amides is 3. The molecule has 0 aliphatic carbocycles. The lowest BCUT2D eigenvalue weighted by molar-refractivity contribution is -0.386. The zero-order valence-corrected chi connectivity index (χ0v) is 48.6. The van der Waals surface area contributed by atoms with Crippen molar-refractivity contribution in [3.63, 3.8) is 0 Å². The van der Waals surface area contributed by atoms with Crippen molar-refractivity contribution in [3.8, 4) is 0 Å². The molecule has 6 aliphatic rings. The summed E-state index contributed by atoms with van der Waals surface area (Å²) in [6.45, 7) is -0.393. The van der Waals surface area contributed by atoms with E-state index < -0.39 is 260 Å². The predicted octanol–water partition coefficient (Wildman–Crippen LogP) is -17.4. The summed E-state index contributed by atoms with van der Waals surface area (Å²) >= 11 is 0. The number of aliphatic carboxylic acids is 2. The first-order valence-corrected chi connectivity index (χ1v) is 28.8. The third-order valence-corrected chi connectivity index (χ3v) is 14.9. The van der Waals surface area contributed by atoms with Crippen molar-refractivity contribution in [2.45, 2.75) is 205 Å². The Morgan fingerprint density at radius 2 is 0.800 bits per heavy atom. The fourth-order valence-corrected chi connectivity index (χ4v) is 10.4. The molecule has 6 fully saturated rings. The molecule has 44 nitrogen and oxygen atoms in total. The first-order chi connectivity index (χ1) is 41.8. The lowest BCUT2D eigenvalue weighted by Gasteiger charge is -2.50. The SMILES string of the molecule is CC(=O)NC1C(OC2C(C(=O)[O-])OC(OC3C(O)C(COS(=O)(=O)[O-])OC(OC4C(C(=O)[O-])OC(O)C(O)C4O)C3NC(C)=O)C(O)C2O)OC(COS(=O)(=O)[O-])C(O)C1O.COC(=O)C1OC(OC2C(O)C(CO)OC(OC)C2NC(C)=O)C(O)C(O)C1O. The van der Waals surface area contributed by atoms with E-state index >= 15 is 0 Å². The average Bonchev–Trinajstić information content (AvgIpc) is 0.795. The van der Waals surface area contributed by atoms with Crippen LogP contribution in [0, 0.1) is 0 Å². The minimum absolute atomic E-state index is 0.517. The van der Waals surface area contributed by atoms with Gasteiger partial charge in [-0.2, -0.15) is 0 Å². The van der Waals surface area contributed by atoms with Crippen LogP contribution in [0.2, 0.25) is 0 Å². The van der Waals surface area contributed by atoms with Crippen LogP contribution in [0.5, 0.6) is 0 Å². The first kappa shape index (κ1) is 76.3. The number of carbonyl (C=O) groups is 6. The van der Waals surface area contributed by atoms with Crippen LogP contribution in [0.1, 0.15) is 20.8 Å². The maximum absolute atomic E-state index is 12.4. The van der Waals surface area contributed by atoms with Crippen molar-refractivity contribution in [2.24, 2.45) is 0 Å². The lowest BCUT2D eigenvalue weighted by Crippen LogP contribution is -2.71. The number of hydrogen-bond donors (Lipinski definition) is 16. The van der Waals surface area contributed by atoms with Crippen molar-refractivity contribution < 1.29 is 197 Å². The van der Waals surface area contributed by atoms with E-state index in [-0.39, 0.29) is 0 Å². The van der Waals surface area contributed by atoms with Gasteiger partial charge in [0.2, 0.25) is 38.5 Å². The smallest absolute Gasteiger partial charge is 0.337 e. The number of aliphatic hydroxyl groups is 13. The number of hydrogen-bond acceptors (Lipinski definition) is 41. The van der Waals surface area contributed by atoms with E-state index in [0.717, 1.165) is 21.0 Å². The number of ether oxygens (including phenoxy) is 12. The first-order valence-electron chi connectivity index (χ1n) is 26.1.